The molecule has 7 heteroatoms. The Hall–Kier alpha value is -2.75. The van der Waals surface area contributed by atoms with E-state index >= 15 is 0 Å². The van der Waals surface area contributed by atoms with Crippen LogP contribution < -0.4 is 0 Å². The Kier molecular flexibility index (Phi) is 4.79. The lowest BCUT2D eigenvalue weighted by atomic mass is 9.97. The van der Waals surface area contributed by atoms with Crippen molar-refractivity contribution >= 4 is 5.91 Å². The molecule has 2 aromatic heterocycles. The van der Waals surface area contributed by atoms with Gasteiger partial charge in [-0.25, -0.2) is 4.98 Å². The lowest BCUT2D eigenvalue weighted by Crippen LogP contribution is -2.39. The number of carbonyl (C=O) groups is 1. The third-order valence-corrected chi connectivity index (χ3v) is 4.45. The van der Waals surface area contributed by atoms with Gasteiger partial charge in [0.15, 0.2) is 5.82 Å². The predicted octanol–water partition coefficient (Wildman–Crippen LogP) is 2.79. The van der Waals surface area contributed by atoms with Crippen molar-refractivity contribution < 1.29 is 9.32 Å². The highest BCUT2D eigenvalue weighted by Crippen LogP contribution is 2.27. The maximum atomic E-state index is 12.8. The van der Waals surface area contributed by atoms with E-state index in [-0.39, 0.29) is 17.7 Å². The van der Waals surface area contributed by atoms with Crippen molar-refractivity contribution in [2.24, 2.45) is 0 Å². The van der Waals surface area contributed by atoms with E-state index < -0.39 is 0 Å². The maximum absolute atomic E-state index is 12.8. The largest absolute Gasteiger partial charge is 0.339 e. The second-order valence-electron chi connectivity index (χ2n) is 6.68. The molecule has 1 aliphatic heterocycles. The summed E-state index contributed by atoms with van der Waals surface area (Å²) in [5.41, 5.74) is 1.43. The van der Waals surface area contributed by atoms with Crippen molar-refractivity contribution in [2.45, 2.75) is 45.4 Å². The SMILES string of the molecule is Cc1nc(C(=O)N2CCC[C@@H](c3noc(C(C)C)n3)C2)ccc1C#N. The summed E-state index contributed by atoms with van der Waals surface area (Å²) in [5.74, 6) is 1.44. The molecule has 3 heterocycles. The van der Waals surface area contributed by atoms with Crippen LogP contribution in [0.2, 0.25) is 0 Å². The zero-order chi connectivity index (χ0) is 18.0. The van der Waals surface area contributed by atoms with E-state index in [2.05, 4.69) is 21.2 Å². The Morgan fingerprint density at radius 3 is 2.84 bits per heavy atom. The molecule has 1 fully saturated rings. The van der Waals surface area contributed by atoms with Crippen molar-refractivity contribution in [1.29, 1.82) is 5.26 Å². The van der Waals surface area contributed by atoms with E-state index in [1.807, 2.05) is 13.8 Å². The second kappa shape index (κ2) is 7.01. The van der Waals surface area contributed by atoms with Crippen LogP contribution in [0.3, 0.4) is 0 Å². The van der Waals surface area contributed by atoms with Crippen LogP contribution in [0.15, 0.2) is 16.7 Å². The van der Waals surface area contributed by atoms with Crippen molar-refractivity contribution in [3.8, 4) is 6.07 Å². The molecule has 0 spiro atoms. The zero-order valence-corrected chi connectivity index (χ0v) is 14.7. The Balaban J connectivity index is 1.75. The number of hydrogen-bond donors (Lipinski definition) is 0. The van der Waals surface area contributed by atoms with Crippen molar-refractivity contribution in [3.63, 3.8) is 0 Å². The Bertz CT molecular complexity index is 821. The molecule has 7 nitrogen and oxygen atoms in total. The molecule has 1 aliphatic rings. The number of nitriles is 1. The number of likely N-dealkylation sites (tertiary alicyclic amines) is 1. The zero-order valence-electron chi connectivity index (χ0n) is 14.7. The average molecular weight is 339 g/mol. The topological polar surface area (TPSA) is 95.9 Å². The smallest absolute Gasteiger partial charge is 0.272 e. The first-order chi connectivity index (χ1) is 12.0. The first-order valence-electron chi connectivity index (χ1n) is 8.50. The molecule has 3 rings (SSSR count). The summed E-state index contributed by atoms with van der Waals surface area (Å²) >= 11 is 0. The molecule has 0 N–H and O–H groups in total. The van der Waals surface area contributed by atoms with Crippen LogP contribution >= 0.6 is 0 Å². The van der Waals surface area contributed by atoms with Crippen molar-refractivity contribution in [3.05, 3.63) is 40.8 Å². The molecule has 0 saturated carbocycles. The van der Waals surface area contributed by atoms with Gasteiger partial charge in [0.1, 0.15) is 11.8 Å². The summed E-state index contributed by atoms with van der Waals surface area (Å²) in [6.07, 6.45) is 1.82. The van der Waals surface area contributed by atoms with Crippen LogP contribution in [-0.4, -0.2) is 39.0 Å². The molecule has 0 radical (unpaired) electrons. The minimum absolute atomic E-state index is 0.0772. The number of aryl methyl sites for hydroxylation is 1. The fourth-order valence-corrected chi connectivity index (χ4v) is 2.98. The van der Waals surface area contributed by atoms with E-state index in [0.29, 0.717) is 41.8 Å². The third kappa shape index (κ3) is 3.53. The highest BCUT2D eigenvalue weighted by molar-refractivity contribution is 5.92. The van der Waals surface area contributed by atoms with Crippen LogP contribution in [0.4, 0.5) is 0 Å². The quantitative estimate of drug-likeness (QED) is 0.853. The van der Waals surface area contributed by atoms with E-state index in [0.717, 1.165) is 12.8 Å². The maximum Gasteiger partial charge on any atom is 0.272 e. The number of carbonyl (C=O) groups excluding carboxylic acids is 1. The lowest BCUT2D eigenvalue weighted by Gasteiger charge is -2.31. The first-order valence-corrected chi connectivity index (χ1v) is 8.50. The second-order valence-corrected chi connectivity index (χ2v) is 6.68. The third-order valence-electron chi connectivity index (χ3n) is 4.45. The normalized spacial score (nSPS) is 17.6. The minimum atomic E-state index is -0.120. The number of aromatic nitrogens is 3. The van der Waals surface area contributed by atoms with Crippen LogP contribution in [0.5, 0.6) is 0 Å². The molecule has 25 heavy (non-hydrogen) atoms. The predicted molar refractivity (Wildman–Crippen MR) is 90.0 cm³/mol. The van der Waals surface area contributed by atoms with E-state index in [9.17, 15) is 4.79 Å². The highest BCUT2D eigenvalue weighted by Gasteiger charge is 2.29. The van der Waals surface area contributed by atoms with Gasteiger partial charge in [0, 0.05) is 24.9 Å². The average Bonchev–Trinajstić information content (AvgIpc) is 3.11. The van der Waals surface area contributed by atoms with Gasteiger partial charge in [-0.1, -0.05) is 19.0 Å². The van der Waals surface area contributed by atoms with Crippen LogP contribution in [0, 0.1) is 18.3 Å². The number of rotatable bonds is 3. The van der Waals surface area contributed by atoms with Gasteiger partial charge in [0.2, 0.25) is 5.89 Å². The molecule has 1 saturated heterocycles. The Labute approximate surface area is 146 Å². The van der Waals surface area contributed by atoms with Crippen LogP contribution in [0.25, 0.3) is 0 Å². The van der Waals surface area contributed by atoms with Crippen LogP contribution in [0.1, 0.15) is 72.0 Å². The van der Waals surface area contributed by atoms with Gasteiger partial charge in [0.05, 0.1) is 11.3 Å². The number of amides is 1. The van der Waals surface area contributed by atoms with E-state index in [1.54, 1.807) is 24.0 Å². The number of piperidine rings is 1. The molecule has 130 valence electrons. The summed E-state index contributed by atoms with van der Waals surface area (Å²) < 4.78 is 5.29. The monoisotopic (exact) mass is 339 g/mol. The number of hydrogen-bond acceptors (Lipinski definition) is 6. The summed E-state index contributed by atoms with van der Waals surface area (Å²) in [6.45, 7) is 6.99. The molecule has 2 aromatic rings. The van der Waals surface area contributed by atoms with Crippen LogP contribution in [-0.2, 0) is 0 Å². The molecule has 0 aromatic carbocycles. The fourth-order valence-electron chi connectivity index (χ4n) is 2.98. The molecule has 1 atom stereocenters. The fraction of sp³-hybridized carbons (Fsp3) is 0.500. The summed E-state index contributed by atoms with van der Waals surface area (Å²) in [6, 6.07) is 5.32. The van der Waals surface area contributed by atoms with Gasteiger partial charge < -0.3 is 9.42 Å². The first kappa shape index (κ1) is 17.1. The number of pyridine rings is 1. The lowest BCUT2D eigenvalue weighted by molar-refractivity contribution is 0.0697. The van der Waals surface area contributed by atoms with Crippen molar-refractivity contribution in [1.82, 2.24) is 20.0 Å². The van der Waals surface area contributed by atoms with Gasteiger partial charge >= 0.3 is 0 Å². The van der Waals surface area contributed by atoms with Gasteiger partial charge in [-0.05, 0) is 31.9 Å². The standard InChI is InChI=1S/C18H21N5O2/c1-11(2)17-21-16(22-25-17)14-5-4-8-23(10-14)18(24)15-7-6-13(9-19)12(3)20-15/h6-7,11,14H,4-5,8,10H2,1-3H3/t14-/m1/s1. The Morgan fingerprint density at radius 1 is 1.40 bits per heavy atom. The highest BCUT2D eigenvalue weighted by atomic mass is 16.5. The van der Waals surface area contributed by atoms with E-state index in [4.69, 9.17) is 9.78 Å². The molecule has 0 unspecified atom stereocenters. The summed E-state index contributed by atoms with van der Waals surface area (Å²) in [7, 11) is 0. The molecule has 1 amide bonds. The Morgan fingerprint density at radius 2 is 2.20 bits per heavy atom. The summed E-state index contributed by atoms with van der Waals surface area (Å²) in [5, 5.41) is 13.1. The molecule has 0 aliphatic carbocycles. The van der Waals surface area contributed by atoms with Crippen molar-refractivity contribution in [2.75, 3.05) is 13.1 Å². The van der Waals surface area contributed by atoms with Gasteiger partial charge in [0.25, 0.3) is 5.91 Å². The molecular weight excluding hydrogens is 318 g/mol. The number of nitrogens with zero attached hydrogens (tertiary/aromatic N) is 5. The molecular formula is C18H21N5O2. The van der Waals surface area contributed by atoms with E-state index in [1.165, 1.54) is 0 Å². The van der Waals surface area contributed by atoms with Gasteiger partial charge in [-0.3, -0.25) is 4.79 Å². The minimum Gasteiger partial charge on any atom is -0.339 e. The summed E-state index contributed by atoms with van der Waals surface area (Å²) in [4.78, 5) is 23.3. The van der Waals surface area contributed by atoms with Gasteiger partial charge in [-0.2, -0.15) is 10.2 Å². The molecule has 0 bridgehead atoms. The van der Waals surface area contributed by atoms with Gasteiger partial charge in [-0.15, -0.1) is 0 Å².